The molecule has 0 radical (unpaired) electrons. The normalized spacial score (nSPS) is 10.7. The van der Waals surface area contributed by atoms with Crippen LogP contribution in [0.2, 0.25) is 0 Å². The third-order valence-electron chi connectivity index (χ3n) is 2.18. The molecule has 0 amide bonds. The Kier molecular flexibility index (Phi) is 5.63. The maximum absolute atomic E-state index is 4.31. The molecule has 90 valence electrons. The van der Waals surface area contributed by atoms with Gasteiger partial charge in [0.05, 0.1) is 10.7 Å². The lowest BCUT2D eigenvalue weighted by Crippen LogP contribution is -2.18. The van der Waals surface area contributed by atoms with E-state index in [1.54, 1.807) is 11.8 Å². The molecule has 3 nitrogen and oxygen atoms in total. The Hall–Kier alpha value is -0.740. The molecule has 0 saturated heterocycles. The number of hydrogen-bond donors (Lipinski definition) is 1. The van der Waals surface area contributed by atoms with Crippen LogP contribution in [0.25, 0.3) is 0 Å². The number of nitrogens with zero attached hydrogens (tertiary/aromatic N) is 2. The van der Waals surface area contributed by atoms with Crippen molar-refractivity contribution in [3.8, 4) is 0 Å². The van der Waals surface area contributed by atoms with E-state index in [0.717, 1.165) is 24.5 Å². The minimum atomic E-state index is 0.914. The zero-order valence-corrected chi connectivity index (χ0v) is 11.2. The van der Waals surface area contributed by atoms with Gasteiger partial charge in [0.15, 0.2) is 0 Å². The highest BCUT2D eigenvalue weighted by Gasteiger charge is 2.03. The standard InChI is InChI=1S/C12H21N3S/c1-5-6-13-8-10(2)9-16-12-7-11(3)14-15(12)4/h7,13H,2,5-6,8-9H2,1,3-4H3. The number of hydrogen-bond acceptors (Lipinski definition) is 3. The largest absolute Gasteiger partial charge is 0.313 e. The zero-order valence-electron chi connectivity index (χ0n) is 10.4. The van der Waals surface area contributed by atoms with Crippen LogP contribution in [0.1, 0.15) is 19.0 Å². The summed E-state index contributed by atoms with van der Waals surface area (Å²) in [5.41, 5.74) is 2.30. The van der Waals surface area contributed by atoms with Gasteiger partial charge in [-0.3, -0.25) is 4.68 Å². The molecule has 0 unspecified atom stereocenters. The first-order valence-corrected chi connectivity index (χ1v) is 6.63. The van der Waals surface area contributed by atoms with Crippen molar-refractivity contribution < 1.29 is 0 Å². The maximum atomic E-state index is 4.31. The van der Waals surface area contributed by atoms with E-state index in [-0.39, 0.29) is 0 Å². The van der Waals surface area contributed by atoms with Crippen molar-refractivity contribution in [1.82, 2.24) is 15.1 Å². The summed E-state index contributed by atoms with van der Waals surface area (Å²) < 4.78 is 1.92. The van der Waals surface area contributed by atoms with E-state index in [2.05, 4.69) is 30.0 Å². The van der Waals surface area contributed by atoms with Crippen molar-refractivity contribution in [3.63, 3.8) is 0 Å². The van der Waals surface area contributed by atoms with E-state index < -0.39 is 0 Å². The number of aromatic nitrogens is 2. The van der Waals surface area contributed by atoms with Crippen LogP contribution < -0.4 is 5.32 Å². The summed E-state index contributed by atoms with van der Waals surface area (Å²) in [4.78, 5) is 0. The molecule has 1 aromatic rings. The molecule has 0 atom stereocenters. The number of rotatable bonds is 7. The molecule has 0 saturated carbocycles. The van der Waals surface area contributed by atoms with Crippen LogP contribution in [0.4, 0.5) is 0 Å². The molecule has 0 aromatic carbocycles. The maximum Gasteiger partial charge on any atom is 0.0942 e. The predicted octanol–water partition coefficient (Wildman–Crippen LogP) is 2.38. The van der Waals surface area contributed by atoms with E-state index >= 15 is 0 Å². The summed E-state index contributed by atoms with van der Waals surface area (Å²) in [5, 5.41) is 8.87. The first kappa shape index (κ1) is 13.3. The van der Waals surface area contributed by atoms with E-state index in [1.165, 1.54) is 17.0 Å². The first-order chi connectivity index (χ1) is 7.63. The Morgan fingerprint density at radius 3 is 2.94 bits per heavy atom. The summed E-state index contributed by atoms with van der Waals surface area (Å²) in [6.45, 7) is 10.2. The van der Waals surface area contributed by atoms with E-state index in [1.807, 2.05) is 18.7 Å². The van der Waals surface area contributed by atoms with Gasteiger partial charge in [-0.25, -0.2) is 0 Å². The van der Waals surface area contributed by atoms with Crippen molar-refractivity contribution in [1.29, 1.82) is 0 Å². The van der Waals surface area contributed by atoms with Gasteiger partial charge in [0.25, 0.3) is 0 Å². The molecule has 0 aliphatic heterocycles. The van der Waals surface area contributed by atoms with Gasteiger partial charge >= 0.3 is 0 Å². The summed E-state index contributed by atoms with van der Waals surface area (Å²) in [6, 6.07) is 2.11. The molecule has 0 aliphatic carbocycles. The molecule has 0 spiro atoms. The van der Waals surface area contributed by atoms with E-state index in [4.69, 9.17) is 0 Å². The van der Waals surface area contributed by atoms with Crippen molar-refractivity contribution in [2.75, 3.05) is 18.8 Å². The molecule has 1 rings (SSSR count). The van der Waals surface area contributed by atoms with Gasteiger partial charge < -0.3 is 5.32 Å². The Morgan fingerprint density at radius 2 is 2.38 bits per heavy atom. The van der Waals surface area contributed by atoms with Crippen LogP contribution in [0.5, 0.6) is 0 Å². The minimum absolute atomic E-state index is 0.914. The second kappa shape index (κ2) is 6.76. The fourth-order valence-electron chi connectivity index (χ4n) is 1.39. The van der Waals surface area contributed by atoms with Crippen LogP contribution in [-0.4, -0.2) is 28.6 Å². The van der Waals surface area contributed by atoms with Gasteiger partial charge in [-0.2, -0.15) is 5.10 Å². The van der Waals surface area contributed by atoms with Gasteiger partial charge in [-0.05, 0) is 26.0 Å². The Bertz CT molecular complexity index is 344. The zero-order chi connectivity index (χ0) is 12.0. The van der Waals surface area contributed by atoms with Gasteiger partial charge in [-0.15, -0.1) is 11.8 Å². The lowest BCUT2D eigenvalue weighted by molar-refractivity contribution is 0.692. The van der Waals surface area contributed by atoms with Crippen LogP contribution in [0.15, 0.2) is 23.2 Å². The summed E-state index contributed by atoms with van der Waals surface area (Å²) in [6.07, 6.45) is 1.17. The van der Waals surface area contributed by atoms with Crippen LogP contribution in [0, 0.1) is 6.92 Å². The number of nitrogens with one attached hydrogen (secondary N) is 1. The van der Waals surface area contributed by atoms with E-state index in [0.29, 0.717) is 0 Å². The fourth-order valence-corrected chi connectivity index (χ4v) is 2.33. The molecule has 1 heterocycles. The Balaban J connectivity index is 2.29. The number of aryl methyl sites for hydroxylation is 2. The third-order valence-corrected chi connectivity index (χ3v) is 3.42. The average Bonchev–Trinajstić information content (AvgIpc) is 2.55. The highest BCUT2D eigenvalue weighted by molar-refractivity contribution is 7.99. The fraction of sp³-hybridized carbons (Fsp3) is 0.583. The molecule has 16 heavy (non-hydrogen) atoms. The third kappa shape index (κ3) is 4.41. The second-order valence-electron chi connectivity index (χ2n) is 3.96. The van der Waals surface area contributed by atoms with Crippen molar-refractivity contribution >= 4 is 11.8 Å². The molecular formula is C12H21N3S. The molecule has 4 heteroatoms. The number of thioether (sulfide) groups is 1. The summed E-state index contributed by atoms with van der Waals surface area (Å²) in [7, 11) is 1.98. The molecule has 0 fully saturated rings. The molecule has 1 N–H and O–H groups in total. The van der Waals surface area contributed by atoms with Gasteiger partial charge in [-0.1, -0.05) is 19.1 Å². The lowest BCUT2D eigenvalue weighted by Gasteiger charge is -2.06. The highest BCUT2D eigenvalue weighted by atomic mass is 32.2. The van der Waals surface area contributed by atoms with Crippen molar-refractivity contribution in [3.05, 3.63) is 23.9 Å². The predicted molar refractivity (Wildman–Crippen MR) is 71.0 cm³/mol. The molecule has 1 aromatic heterocycles. The van der Waals surface area contributed by atoms with E-state index in [9.17, 15) is 0 Å². The van der Waals surface area contributed by atoms with Crippen LogP contribution >= 0.6 is 11.8 Å². The van der Waals surface area contributed by atoms with Crippen molar-refractivity contribution in [2.45, 2.75) is 25.3 Å². The smallest absolute Gasteiger partial charge is 0.0942 e. The van der Waals surface area contributed by atoms with Crippen LogP contribution in [-0.2, 0) is 7.05 Å². The summed E-state index contributed by atoms with van der Waals surface area (Å²) >= 11 is 1.79. The lowest BCUT2D eigenvalue weighted by atomic mass is 10.3. The highest BCUT2D eigenvalue weighted by Crippen LogP contribution is 2.19. The second-order valence-corrected chi connectivity index (χ2v) is 4.96. The monoisotopic (exact) mass is 239 g/mol. The average molecular weight is 239 g/mol. The molecule has 0 bridgehead atoms. The topological polar surface area (TPSA) is 29.9 Å². The van der Waals surface area contributed by atoms with Crippen LogP contribution in [0.3, 0.4) is 0 Å². The van der Waals surface area contributed by atoms with Gasteiger partial charge in [0.1, 0.15) is 0 Å². The first-order valence-electron chi connectivity index (χ1n) is 5.64. The molecule has 0 aliphatic rings. The minimum Gasteiger partial charge on any atom is -0.313 e. The van der Waals surface area contributed by atoms with Gasteiger partial charge in [0, 0.05) is 19.3 Å². The van der Waals surface area contributed by atoms with Gasteiger partial charge in [0.2, 0.25) is 0 Å². The van der Waals surface area contributed by atoms with Crippen molar-refractivity contribution in [2.24, 2.45) is 7.05 Å². The quantitative estimate of drug-likeness (QED) is 0.450. The summed E-state index contributed by atoms with van der Waals surface area (Å²) in [5.74, 6) is 0.954. The molecular weight excluding hydrogens is 218 g/mol. The SMILES string of the molecule is C=C(CNCCC)CSc1cc(C)nn1C. The Morgan fingerprint density at radius 1 is 1.62 bits per heavy atom. The Labute approximate surface area is 102 Å².